The molecule has 0 atom stereocenters. The third-order valence-electron chi connectivity index (χ3n) is 1.69. The van der Waals surface area contributed by atoms with Crippen molar-refractivity contribution < 1.29 is 0 Å². The first-order valence-corrected chi connectivity index (χ1v) is 3.77. The molecule has 1 rings (SSSR count). The summed E-state index contributed by atoms with van der Waals surface area (Å²) >= 11 is 0. The van der Waals surface area contributed by atoms with Gasteiger partial charge >= 0.3 is 0 Å². The fraction of sp³-hybridized carbons (Fsp3) is 0.625. The van der Waals surface area contributed by atoms with Crippen LogP contribution >= 0.6 is 0 Å². The molecule has 64 valence electrons. The van der Waals surface area contributed by atoms with Crippen molar-refractivity contribution in [3.63, 3.8) is 0 Å². The van der Waals surface area contributed by atoms with Gasteiger partial charge in [-0.1, -0.05) is 13.0 Å². The van der Waals surface area contributed by atoms with E-state index in [4.69, 9.17) is 0 Å². The summed E-state index contributed by atoms with van der Waals surface area (Å²) in [6, 6.07) is 0. The first-order valence-electron chi connectivity index (χ1n) is 3.77. The van der Waals surface area contributed by atoms with E-state index in [2.05, 4.69) is 23.4 Å². The van der Waals surface area contributed by atoms with E-state index >= 15 is 0 Å². The molecule has 0 amide bonds. The Balaban J connectivity index is 0.000001000. The van der Waals surface area contributed by atoms with Crippen LogP contribution in [0.1, 0.15) is 13.3 Å². The monoisotopic (exact) mass is 155 g/mol. The number of rotatable bonds is 3. The molecule has 1 aliphatic heterocycles. The van der Waals surface area contributed by atoms with E-state index in [1.54, 1.807) is 0 Å². The van der Waals surface area contributed by atoms with Crippen LogP contribution in [0.2, 0.25) is 0 Å². The van der Waals surface area contributed by atoms with Gasteiger partial charge in [0.25, 0.3) is 0 Å². The third kappa shape index (κ3) is 2.35. The summed E-state index contributed by atoms with van der Waals surface area (Å²) in [6.45, 7) is 8.83. The molecule has 3 nitrogen and oxygen atoms in total. The van der Waals surface area contributed by atoms with Crippen LogP contribution in [-0.4, -0.2) is 30.4 Å². The summed E-state index contributed by atoms with van der Waals surface area (Å²) < 4.78 is 0. The molecule has 0 saturated heterocycles. The first-order chi connectivity index (χ1) is 4.88. The second-order valence-corrected chi connectivity index (χ2v) is 2.39. The highest BCUT2D eigenvalue weighted by Crippen LogP contribution is 2.03. The van der Waals surface area contributed by atoms with Gasteiger partial charge in [0.2, 0.25) is 0 Å². The lowest BCUT2D eigenvalue weighted by Crippen LogP contribution is -2.26. The summed E-state index contributed by atoms with van der Waals surface area (Å²) in [7, 11) is 0. The number of amidine groups is 1. The van der Waals surface area contributed by atoms with Crippen molar-refractivity contribution in [3.05, 3.63) is 12.7 Å². The lowest BCUT2D eigenvalue weighted by molar-refractivity contribution is 0.499. The largest absolute Gasteiger partial charge is 0.355 e. The molecule has 1 aliphatic rings. The van der Waals surface area contributed by atoms with Crippen LogP contribution in [0.15, 0.2) is 17.6 Å². The Labute approximate surface area is 68.4 Å². The number of nitrogens with zero attached hydrogens (tertiary/aromatic N) is 2. The first kappa shape index (κ1) is 10.2. The van der Waals surface area contributed by atoms with Crippen LogP contribution in [0.4, 0.5) is 0 Å². The standard InChI is InChI=1S/C8H14N2.H3N/c1-3-6-10-7-5-9-8(10)4-2;/h3H,1,4-7H2,2H3;1H3. The number of hydrogen-bond donors (Lipinski definition) is 1. The Morgan fingerprint density at radius 2 is 2.45 bits per heavy atom. The van der Waals surface area contributed by atoms with Gasteiger partial charge in [-0.3, -0.25) is 4.99 Å². The average Bonchev–Trinajstić information content (AvgIpc) is 2.36. The maximum atomic E-state index is 4.35. The summed E-state index contributed by atoms with van der Waals surface area (Å²) in [4.78, 5) is 6.62. The highest BCUT2D eigenvalue weighted by Gasteiger charge is 2.11. The second-order valence-electron chi connectivity index (χ2n) is 2.39. The number of hydrogen-bond acceptors (Lipinski definition) is 3. The highest BCUT2D eigenvalue weighted by molar-refractivity contribution is 5.83. The van der Waals surface area contributed by atoms with Crippen molar-refractivity contribution in [3.8, 4) is 0 Å². The normalized spacial score (nSPS) is 15.7. The van der Waals surface area contributed by atoms with Crippen LogP contribution in [0, 0.1) is 0 Å². The maximum Gasteiger partial charge on any atom is 0.0990 e. The van der Waals surface area contributed by atoms with Gasteiger partial charge in [-0.05, 0) is 0 Å². The van der Waals surface area contributed by atoms with Crippen LogP contribution in [0.25, 0.3) is 0 Å². The van der Waals surface area contributed by atoms with E-state index in [-0.39, 0.29) is 6.15 Å². The predicted molar refractivity (Wildman–Crippen MR) is 49.4 cm³/mol. The van der Waals surface area contributed by atoms with Crippen molar-refractivity contribution in [2.24, 2.45) is 4.99 Å². The minimum atomic E-state index is 0. The maximum absolute atomic E-state index is 4.35. The van der Waals surface area contributed by atoms with Gasteiger partial charge in [0, 0.05) is 19.5 Å². The Hall–Kier alpha value is -0.830. The smallest absolute Gasteiger partial charge is 0.0990 e. The van der Waals surface area contributed by atoms with E-state index in [0.29, 0.717) is 0 Å². The van der Waals surface area contributed by atoms with Gasteiger partial charge in [0.05, 0.1) is 12.4 Å². The minimum Gasteiger partial charge on any atom is -0.355 e. The summed E-state index contributed by atoms with van der Waals surface area (Å²) in [6.07, 6.45) is 2.98. The minimum absolute atomic E-state index is 0. The van der Waals surface area contributed by atoms with Crippen molar-refractivity contribution in [1.29, 1.82) is 0 Å². The van der Waals surface area contributed by atoms with Crippen LogP contribution < -0.4 is 6.15 Å². The highest BCUT2D eigenvalue weighted by atomic mass is 15.2. The van der Waals surface area contributed by atoms with Crippen LogP contribution in [0.3, 0.4) is 0 Å². The lowest BCUT2D eigenvalue weighted by Gasteiger charge is -2.16. The van der Waals surface area contributed by atoms with Crippen molar-refractivity contribution in [2.75, 3.05) is 19.6 Å². The molecule has 0 aromatic carbocycles. The van der Waals surface area contributed by atoms with Crippen molar-refractivity contribution in [1.82, 2.24) is 11.1 Å². The average molecular weight is 155 g/mol. The number of aliphatic imine (C=N–C) groups is 1. The van der Waals surface area contributed by atoms with E-state index in [1.165, 1.54) is 5.84 Å². The molecule has 0 radical (unpaired) electrons. The van der Waals surface area contributed by atoms with Crippen molar-refractivity contribution >= 4 is 5.84 Å². The molecule has 0 aliphatic carbocycles. The summed E-state index contributed by atoms with van der Waals surface area (Å²) in [5.74, 6) is 1.24. The summed E-state index contributed by atoms with van der Waals surface area (Å²) in [5, 5.41) is 0. The molecule has 3 heteroatoms. The molecule has 0 bridgehead atoms. The van der Waals surface area contributed by atoms with E-state index in [1.807, 2.05) is 6.08 Å². The molecular formula is C8H17N3. The Morgan fingerprint density at radius 3 is 3.00 bits per heavy atom. The van der Waals surface area contributed by atoms with Crippen molar-refractivity contribution in [2.45, 2.75) is 13.3 Å². The Bertz CT molecular complexity index is 151. The molecule has 1 heterocycles. The summed E-state index contributed by atoms with van der Waals surface area (Å²) in [5.41, 5.74) is 0. The fourth-order valence-electron chi connectivity index (χ4n) is 1.22. The SMILES string of the molecule is C=CCN1CCN=C1CC.N. The second kappa shape index (κ2) is 4.91. The molecule has 0 fully saturated rings. The van der Waals surface area contributed by atoms with E-state index in [0.717, 1.165) is 26.1 Å². The van der Waals surface area contributed by atoms with Gasteiger partial charge in [-0.15, -0.1) is 6.58 Å². The van der Waals surface area contributed by atoms with Crippen LogP contribution in [-0.2, 0) is 0 Å². The molecule has 0 aromatic rings. The molecule has 0 saturated carbocycles. The van der Waals surface area contributed by atoms with E-state index in [9.17, 15) is 0 Å². The van der Waals surface area contributed by atoms with E-state index < -0.39 is 0 Å². The predicted octanol–water partition coefficient (Wildman–Crippen LogP) is 1.46. The quantitative estimate of drug-likeness (QED) is 0.627. The lowest BCUT2D eigenvalue weighted by atomic mass is 10.4. The van der Waals surface area contributed by atoms with Gasteiger partial charge in [-0.25, -0.2) is 0 Å². The zero-order valence-electron chi connectivity index (χ0n) is 7.21. The molecule has 0 spiro atoms. The zero-order chi connectivity index (χ0) is 7.40. The van der Waals surface area contributed by atoms with Gasteiger partial charge in [0.1, 0.15) is 0 Å². The zero-order valence-corrected chi connectivity index (χ0v) is 7.21. The molecule has 0 aromatic heterocycles. The topological polar surface area (TPSA) is 50.6 Å². The Morgan fingerprint density at radius 1 is 1.73 bits per heavy atom. The van der Waals surface area contributed by atoms with Gasteiger partial charge in [-0.2, -0.15) is 0 Å². The molecule has 11 heavy (non-hydrogen) atoms. The molecular weight excluding hydrogens is 138 g/mol. The van der Waals surface area contributed by atoms with Crippen LogP contribution in [0.5, 0.6) is 0 Å². The Kier molecular flexibility index (Phi) is 4.54. The fourth-order valence-corrected chi connectivity index (χ4v) is 1.22. The van der Waals surface area contributed by atoms with Gasteiger partial charge in [0.15, 0.2) is 0 Å². The molecule has 0 unspecified atom stereocenters. The molecule has 3 N–H and O–H groups in total. The van der Waals surface area contributed by atoms with Gasteiger partial charge < -0.3 is 11.1 Å². The third-order valence-corrected chi connectivity index (χ3v) is 1.69.